The molecule has 1 atom stereocenters. The lowest BCUT2D eigenvalue weighted by Gasteiger charge is -2.22. The van der Waals surface area contributed by atoms with Crippen molar-refractivity contribution in [2.45, 2.75) is 24.5 Å². The molecule has 3 nitrogen and oxygen atoms in total. The van der Waals surface area contributed by atoms with E-state index in [1.54, 1.807) is 7.11 Å². The number of rotatable bonds is 8. The molecule has 1 saturated heterocycles. The largest absolute Gasteiger partial charge is 0.383 e. The van der Waals surface area contributed by atoms with Gasteiger partial charge < -0.3 is 15.4 Å². The van der Waals surface area contributed by atoms with Gasteiger partial charge in [0.15, 0.2) is 0 Å². The Labute approximate surface area is 97.7 Å². The molecule has 1 fully saturated rings. The number of thioether (sulfide) groups is 1. The Bertz CT molecular complexity index is 161. The molecule has 90 valence electrons. The van der Waals surface area contributed by atoms with Gasteiger partial charge >= 0.3 is 0 Å². The quantitative estimate of drug-likeness (QED) is 0.614. The molecule has 1 heterocycles. The van der Waals surface area contributed by atoms with Crippen LogP contribution < -0.4 is 10.6 Å². The number of hydrogen-bond acceptors (Lipinski definition) is 4. The zero-order chi connectivity index (χ0) is 11.0. The highest BCUT2D eigenvalue weighted by Gasteiger charge is 2.28. The van der Waals surface area contributed by atoms with E-state index in [9.17, 15) is 0 Å². The highest BCUT2D eigenvalue weighted by molar-refractivity contribution is 8.00. The molecule has 1 aliphatic rings. The van der Waals surface area contributed by atoms with E-state index < -0.39 is 0 Å². The Hall–Kier alpha value is 0.230. The average Bonchev–Trinajstić information content (AvgIpc) is 2.64. The Kier molecular flexibility index (Phi) is 6.64. The summed E-state index contributed by atoms with van der Waals surface area (Å²) in [6.45, 7) is 7.35. The van der Waals surface area contributed by atoms with Crippen molar-refractivity contribution in [3.05, 3.63) is 0 Å². The number of ether oxygens (including phenoxy) is 1. The first-order valence-electron chi connectivity index (χ1n) is 5.81. The van der Waals surface area contributed by atoms with E-state index >= 15 is 0 Å². The highest BCUT2D eigenvalue weighted by Crippen LogP contribution is 2.36. The van der Waals surface area contributed by atoms with Crippen LogP contribution in [0.2, 0.25) is 0 Å². The van der Waals surface area contributed by atoms with Crippen LogP contribution in [-0.2, 0) is 4.74 Å². The molecule has 1 unspecified atom stereocenters. The Balaban J connectivity index is 1.88. The summed E-state index contributed by atoms with van der Waals surface area (Å²) in [6.07, 6.45) is 2.75. The van der Waals surface area contributed by atoms with Gasteiger partial charge in [-0.1, -0.05) is 0 Å². The summed E-state index contributed by atoms with van der Waals surface area (Å²) in [4.78, 5) is 0. The molecule has 2 N–H and O–H groups in total. The van der Waals surface area contributed by atoms with Crippen LogP contribution in [0.3, 0.4) is 0 Å². The molecule has 0 aliphatic carbocycles. The Morgan fingerprint density at radius 3 is 2.73 bits per heavy atom. The third-order valence-electron chi connectivity index (χ3n) is 2.76. The van der Waals surface area contributed by atoms with Gasteiger partial charge in [-0.2, -0.15) is 11.8 Å². The van der Waals surface area contributed by atoms with E-state index in [1.165, 1.54) is 18.6 Å². The smallest absolute Gasteiger partial charge is 0.0587 e. The van der Waals surface area contributed by atoms with Gasteiger partial charge in [0, 0.05) is 38.0 Å². The van der Waals surface area contributed by atoms with Crippen LogP contribution in [-0.4, -0.2) is 50.4 Å². The first-order valence-corrected chi connectivity index (χ1v) is 6.80. The van der Waals surface area contributed by atoms with E-state index in [0.717, 1.165) is 32.8 Å². The average molecular weight is 232 g/mol. The van der Waals surface area contributed by atoms with E-state index in [-0.39, 0.29) is 0 Å². The van der Waals surface area contributed by atoms with E-state index in [1.807, 2.05) is 0 Å². The van der Waals surface area contributed by atoms with E-state index in [0.29, 0.717) is 4.75 Å². The molecule has 15 heavy (non-hydrogen) atoms. The van der Waals surface area contributed by atoms with Crippen molar-refractivity contribution in [1.29, 1.82) is 0 Å². The third kappa shape index (κ3) is 5.76. The summed E-state index contributed by atoms with van der Waals surface area (Å²) >= 11 is 2.11. The molecular weight excluding hydrogens is 208 g/mol. The van der Waals surface area contributed by atoms with Gasteiger partial charge in [-0.05, 0) is 25.5 Å². The molecule has 0 amide bonds. The van der Waals surface area contributed by atoms with Crippen molar-refractivity contribution in [3.8, 4) is 0 Å². The lowest BCUT2D eigenvalue weighted by atomic mass is 10.1. The fourth-order valence-electron chi connectivity index (χ4n) is 1.81. The van der Waals surface area contributed by atoms with Crippen molar-refractivity contribution >= 4 is 11.8 Å². The van der Waals surface area contributed by atoms with Gasteiger partial charge in [0.1, 0.15) is 0 Å². The zero-order valence-corrected chi connectivity index (χ0v) is 10.8. The topological polar surface area (TPSA) is 33.3 Å². The minimum atomic E-state index is 0.493. The molecule has 0 spiro atoms. The normalized spacial score (nSPS) is 26.0. The van der Waals surface area contributed by atoms with Crippen LogP contribution in [0.1, 0.15) is 19.8 Å². The SMILES string of the molecule is COCCNCCNCC1(C)CCCS1. The van der Waals surface area contributed by atoms with Crippen LogP contribution in [0.5, 0.6) is 0 Å². The van der Waals surface area contributed by atoms with E-state index in [2.05, 4.69) is 29.3 Å². The Morgan fingerprint density at radius 2 is 2.07 bits per heavy atom. The molecule has 0 aromatic heterocycles. The maximum Gasteiger partial charge on any atom is 0.0587 e. The summed E-state index contributed by atoms with van der Waals surface area (Å²) in [5, 5.41) is 6.85. The van der Waals surface area contributed by atoms with Gasteiger partial charge in [0.25, 0.3) is 0 Å². The third-order valence-corrected chi connectivity index (χ3v) is 4.30. The van der Waals surface area contributed by atoms with Gasteiger partial charge in [-0.3, -0.25) is 0 Å². The second-order valence-corrected chi connectivity index (χ2v) is 6.00. The molecule has 0 bridgehead atoms. The zero-order valence-electron chi connectivity index (χ0n) is 9.97. The van der Waals surface area contributed by atoms with Crippen LogP contribution in [0.15, 0.2) is 0 Å². The van der Waals surface area contributed by atoms with Crippen molar-refractivity contribution < 1.29 is 4.74 Å². The Morgan fingerprint density at radius 1 is 1.27 bits per heavy atom. The lowest BCUT2D eigenvalue weighted by molar-refractivity contribution is 0.199. The first-order chi connectivity index (χ1) is 7.27. The predicted octanol–water partition coefficient (Wildman–Crippen LogP) is 1.10. The molecule has 0 saturated carbocycles. The van der Waals surface area contributed by atoms with Gasteiger partial charge in [0.2, 0.25) is 0 Å². The first kappa shape index (κ1) is 13.3. The van der Waals surface area contributed by atoms with Crippen molar-refractivity contribution in [2.24, 2.45) is 0 Å². The standard InChI is InChI=1S/C11H24N2OS/c1-11(4-3-9-15-11)10-13-6-5-12-7-8-14-2/h12-13H,3-10H2,1-2H3. The molecule has 4 heteroatoms. The number of nitrogens with one attached hydrogen (secondary N) is 2. The van der Waals surface area contributed by atoms with Crippen LogP contribution in [0, 0.1) is 0 Å². The summed E-state index contributed by atoms with van der Waals surface area (Å²) in [7, 11) is 1.73. The van der Waals surface area contributed by atoms with Gasteiger partial charge in [-0.25, -0.2) is 0 Å². The molecule has 0 aromatic carbocycles. The van der Waals surface area contributed by atoms with Gasteiger partial charge in [0.05, 0.1) is 6.61 Å². The fourth-order valence-corrected chi connectivity index (χ4v) is 3.08. The minimum Gasteiger partial charge on any atom is -0.383 e. The molecule has 0 radical (unpaired) electrons. The number of hydrogen-bond donors (Lipinski definition) is 2. The van der Waals surface area contributed by atoms with Crippen molar-refractivity contribution in [1.82, 2.24) is 10.6 Å². The van der Waals surface area contributed by atoms with Crippen molar-refractivity contribution in [3.63, 3.8) is 0 Å². The second kappa shape index (κ2) is 7.49. The lowest BCUT2D eigenvalue weighted by Crippen LogP contribution is -2.37. The molecule has 1 rings (SSSR count). The monoisotopic (exact) mass is 232 g/mol. The maximum absolute atomic E-state index is 4.96. The summed E-state index contributed by atoms with van der Waals surface area (Å²) in [5.41, 5.74) is 0. The summed E-state index contributed by atoms with van der Waals surface area (Å²) in [6, 6.07) is 0. The molecule has 0 aromatic rings. The molecule has 1 aliphatic heterocycles. The van der Waals surface area contributed by atoms with Crippen LogP contribution in [0.4, 0.5) is 0 Å². The summed E-state index contributed by atoms with van der Waals surface area (Å²) in [5.74, 6) is 1.34. The molecular formula is C11H24N2OS. The maximum atomic E-state index is 4.96. The van der Waals surface area contributed by atoms with Gasteiger partial charge in [-0.15, -0.1) is 0 Å². The fraction of sp³-hybridized carbons (Fsp3) is 1.00. The van der Waals surface area contributed by atoms with Crippen LogP contribution in [0.25, 0.3) is 0 Å². The van der Waals surface area contributed by atoms with Crippen LogP contribution >= 0.6 is 11.8 Å². The van der Waals surface area contributed by atoms with E-state index in [4.69, 9.17) is 4.74 Å². The predicted molar refractivity (Wildman–Crippen MR) is 67.7 cm³/mol. The minimum absolute atomic E-state index is 0.493. The highest BCUT2D eigenvalue weighted by atomic mass is 32.2. The summed E-state index contributed by atoms with van der Waals surface area (Å²) < 4.78 is 5.45. The second-order valence-electron chi connectivity index (χ2n) is 4.32. The van der Waals surface area contributed by atoms with Crippen molar-refractivity contribution in [2.75, 3.05) is 45.6 Å². The number of methoxy groups -OCH3 is 1.